The summed E-state index contributed by atoms with van der Waals surface area (Å²) in [5.41, 5.74) is 1.07. The van der Waals surface area contributed by atoms with E-state index >= 15 is 0 Å². The summed E-state index contributed by atoms with van der Waals surface area (Å²) in [5, 5.41) is 4.35. The first-order chi connectivity index (χ1) is 8.38. The van der Waals surface area contributed by atoms with Crippen molar-refractivity contribution in [3.63, 3.8) is 0 Å². The Morgan fingerprint density at radius 2 is 2.18 bits per heavy atom. The normalized spacial score (nSPS) is 15.2. The second-order valence-corrected chi connectivity index (χ2v) is 4.97. The lowest BCUT2D eigenvalue weighted by Gasteiger charge is -2.13. The SMILES string of the molecule is CCCOc1ccc(NC2=NCCCS2)cc1. The van der Waals surface area contributed by atoms with Crippen LogP contribution in [0.25, 0.3) is 0 Å². The fraction of sp³-hybridized carbons (Fsp3) is 0.462. The molecule has 1 aromatic carbocycles. The van der Waals surface area contributed by atoms with E-state index in [2.05, 4.69) is 17.2 Å². The first-order valence-corrected chi connectivity index (χ1v) is 7.04. The molecule has 0 bridgehead atoms. The number of ether oxygens (including phenoxy) is 1. The molecule has 3 nitrogen and oxygen atoms in total. The van der Waals surface area contributed by atoms with E-state index in [4.69, 9.17) is 4.74 Å². The van der Waals surface area contributed by atoms with E-state index in [-0.39, 0.29) is 0 Å². The van der Waals surface area contributed by atoms with Gasteiger partial charge in [-0.05, 0) is 37.1 Å². The third-order valence-corrected chi connectivity index (χ3v) is 3.37. The summed E-state index contributed by atoms with van der Waals surface area (Å²) in [6.45, 7) is 3.82. The maximum absolute atomic E-state index is 5.54. The largest absolute Gasteiger partial charge is 0.494 e. The Balaban J connectivity index is 1.91. The molecule has 0 amide bonds. The minimum Gasteiger partial charge on any atom is -0.494 e. The highest BCUT2D eigenvalue weighted by molar-refractivity contribution is 8.14. The molecule has 0 saturated carbocycles. The van der Waals surface area contributed by atoms with Crippen LogP contribution in [0.15, 0.2) is 29.3 Å². The van der Waals surface area contributed by atoms with Gasteiger partial charge >= 0.3 is 0 Å². The van der Waals surface area contributed by atoms with Crippen molar-refractivity contribution in [1.29, 1.82) is 0 Å². The Labute approximate surface area is 107 Å². The number of hydrogen-bond donors (Lipinski definition) is 1. The molecule has 0 spiro atoms. The average molecular weight is 250 g/mol. The van der Waals surface area contributed by atoms with Gasteiger partial charge in [0.1, 0.15) is 5.75 Å². The first kappa shape index (κ1) is 12.3. The topological polar surface area (TPSA) is 33.6 Å². The molecule has 0 radical (unpaired) electrons. The van der Waals surface area contributed by atoms with Gasteiger partial charge in [-0.1, -0.05) is 18.7 Å². The highest BCUT2D eigenvalue weighted by Crippen LogP contribution is 2.19. The zero-order valence-corrected chi connectivity index (χ0v) is 10.9. The number of thioether (sulfide) groups is 1. The number of nitrogens with zero attached hydrogens (tertiary/aromatic N) is 1. The summed E-state index contributed by atoms with van der Waals surface area (Å²) in [6.07, 6.45) is 2.22. The molecule has 4 heteroatoms. The van der Waals surface area contributed by atoms with Crippen LogP contribution >= 0.6 is 11.8 Å². The second-order valence-electron chi connectivity index (χ2n) is 3.89. The van der Waals surface area contributed by atoms with E-state index in [1.165, 1.54) is 6.42 Å². The molecular weight excluding hydrogens is 232 g/mol. The van der Waals surface area contributed by atoms with Crippen LogP contribution in [0, 0.1) is 0 Å². The lowest BCUT2D eigenvalue weighted by atomic mass is 10.3. The molecule has 0 saturated heterocycles. The third-order valence-electron chi connectivity index (χ3n) is 2.38. The number of hydrogen-bond acceptors (Lipinski definition) is 4. The average Bonchev–Trinajstić information content (AvgIpc) is 2.39. The predicted molar refractivity (Wildman–Crippen MR) is 75.2 cm³/mol. The van der Waals surface area contributed by atoms with E-state index in [0.717, 1.165) is 41.9 Å². The molecule has 92 valence electrons. The van der Waals surface area contributed by atoms with E-state index in [1.54, 1.807) is 11.8 Å². The van der Waals surface area contributed by atoms with Crippen molar-refractivity contribution >= 4 is 22.6 Å². The Morgan fingerprint density at radius 3 is 2.82 bits per heavy atom. The zero-order chi connectivity index (χ0) is 11.9. The minimum atomic E-state index is 0.773. The summed E-state index contributed by atoms with van der Waals surface area (Å²) in [4.78, 5) is 4.43. The summed E-state index contributed by atoms with van der Waals surface area (Å²) in [5.74, 6) is 2.08. The fourth-order valence-corrected chi connectivity index (χ4v) is 2.35. The highest BCUT2D eigenvalue weighted by Gasteiger charge is 2.05. The summed E-state index contributed by atoms with van der Waals surface area (Å²) in [7, 11) is 0. The van der Waals surface area contributed by atoms with Crippen LogP contribution in [0.5, 0.6) is 5.75 Å². The third kappa shape index (κ3) is 3.97. The van der Waals surface area contributed by atoms with Gasteiger partial charge in [0.05, 0.1) is 6.61 Å². The van der Waals surface area contributed by atoms with Crippen LogP contribution in [0.3, 0.4) is 0 Å². The van der Waals surface area contributed by atoms with Gasteiger partial charge in [0, 0.05) is 18.0 Å². The first-order valence-electron chi connectivity index (χ1n) is 6.05. The summed E-state index contributed by atoms with van der Waals surface area (Å²) in [6, 6.07) is 8.05. The molecule has 1 heterocycles. The molecule has 1 aromatic rings. The van der Waals surface area contributed by atoms with Gasteiger partial charge in [-0.2, -0.15) is 0 Å². The van der Waals surface area contributed by atoms with E-state index in [0.29, 0.717) is 0 Å². The molecule has 0 atom stereocenters. The van der Waals surface area contributed by atoms with Gasteiger partial charge in [0.25, 0.3) is 0 Å². The van der Waals surface area contributed by atoms with Crippen LogP contribution in [-0.4, -0.2) is 24.1 Å². The standard InChI is InChI=1S/C13H18N2OS/c1-2-9-16-12-6-4-11(5-7-12)15-13-14-8-3-10-17-13/h4-7H,2-3,8-10H2,1H3,(H,14,15). The van der Waals surface area contributed by atoms with Crippen molar-refractivity contribution in [2.75, 3.05) is 24.2 Å². The van der Waals surface area contributed by atoms with Gasteiger partial charge in [0.2, 0.25) is 0 Å². The zero-order valence-electron chi connectivity index (χ0n) is 10.1. The Bertz CT molecular complexity index is 376. The Morgan fingerprint density at radius 1 is 1.35 bits per heavy atom. The van der Waals surface area contributed by atoms with E-state index < -0.39 is 0 Å². The van der Waals surface area contributed by atoms with Gasteiger partial charge in [0.15, 0.2) is 5.17 Å². The maximum Gasteiger partial charge on any atom is 0.161 e. The summed E-state index contributed by atoms with van der Waals surface area (Å²) >= 11 is 1.78. The van der Waals surface area contributed by atoms with Crippen LogP contribution in [0.4, 0.5) is 5.69 Å². The molecular formula is C13H18N2OS. The van der Waals surface area contributed by atoms with E-state index in [1.807, 2.05) is 24.3 Å². The molecule has 0 aromatic heterocycles. The molecule has 1 aliphatic heterocycles. The molecule has 0 unspecified atom stereocenters. The second kappa shape index (κ2) is 6.55. The van der Waals surface area contributed by atoms with Crippen molar-refractivity contribution < 1.29 is 4.74 Å². The van der Waals surface area contributed by atoms with Gasteiger partial charge in [-0.15, -0.1) is 0 Å². The van der Waals surface area contributed by atoms with Crippen molar-refractivity contribution in [1.82, 2.24) is 0 Å². The number of nitrogens with one attached hydrogen (secondary N) is 1. The fourth-order valence-electron chi connectivity index (χ4n) is 1.51. The number of benzene rings is 1. The molecule has 0 aliphatic carbocycles. The lowest BCUT2D eigenvalue weighted by Crippen LogP contribution is -2.13. The van der Waals surface area contributed by atoms with Gasteiger partial charge in [-0.3, -0.25) is 4.99 Å². The van der Waals surface area contributed by atoms with Crippen molar-refractivity contribution in [3.8, 4) is 5.75 Å². The Hall–Kier alpha value is -1.16. The smallest absolute Gasteiger partial charge is 0.161 e. The number of aliphatic imine (C=N–C) groups is 1. The molecule has 1 N–H and O–H groups in total. The maximum atomic E-state index is 5.54. The van der Waals surface area contributed by atoms with Crippen molar-refractivity contribution in [2.24, 2.45) is 4.99 Å². The quantitative estimate of drug-likeness (QED) is 0.889. The highest BCUT2D eigenvalue weighted by atomic mass is 32.2. The van der Waals surface area contributed by atoms with Crippen LogP contribution in [0.2, 0.25) is 0 Å². The van der Waals surface area contributed by atoms with Crippen molar-refractivity contribution in [3.05, 3.63) is 24.3 Å². The van der Waals surface area contributed by atoms with Gasteiger partial charge in [-0.25, -0.2) is 0 Å². The summed E-state index contributed by atoms with van der Waals surface area (Å²) < 4.78 is 5.54. The number of amidine groups is 1. The van der Waals surface area contributed by atoms with Crippen molar-refractivity contribution in [2.45, 2.75) is 19.8 Å². The molecule has 0 fully saturated rings. The number of anilines is 1. The van der Waals surface area contributed by atoms with Crippen LogP contribution in [-0.2, 0) is 0 Å². The monoisotopic (exact) mass is 250 g/mol. The van der Waals surface area contributed by atoms with E-state index in [9.17, 15) is 0 Å². The lowest BCUT2D eigenvalue weighted by molar-refractivity contribution is 0.317. The predicted octanol–water partition coefficient (Wildman–Crippen LogP) is 3.38. The number of rotatable bonds is 4. The molecule has 2 rings (SSSR count). The van der Waals surface area contributed by atoms with Crippen LogP contribution in [0.1, 0.15) is 19.8 Å². The molecule has 1 aliphatic rings. The van der Waals surface area contributed by atoms with Crippen LogP contribution < -0.4 is 10.1 Å². The molecule has 17 heavy (non-hydrogen) atoms. The Kier molecular flexibility index (Phi) is 4.74. The minimum absolute atomic E-state index is 0.773. The van der Waals surface area contributed by atoms with Gasteiger partial charge < -0.3 is 10.1 Å².